The zero-order valence-corrected chi connectivity index (χ0v) is 18.0. The number of sulfone groups is 1. The molecule has 0 saturated carbocycles. The maximum atomic E-state index is 13.6. The quantitative estimate of drug-likeness (QED) is 0.626. The molecule has 30 heavy (non-hydrogen) atoms. The fourth-order valence-corrected chi connectivity index (χ4v) is 5.65. The van der Waals surface area contributed by atoms with Crippen molar-refractivity contribution in [2.45, 2.75) is 43.3 Å². The minimum absolute atomic E-state index is 0.175. The van der Waals surface area contributed by atoms with Gasteiger partial charge in [0.05, 0.1) is 22.0 Å². The highest BCUT2D eigenvalue weighted by Gasteiger charge is 2.36. The second-order valence-electron chi connectivity index (χ2n) is 7.79. The molecular weight excluding hydrogens is 396 g/mol. The largest absolute Gasteiger partial charge is 0.355 e. The van der Waals surface area contributed by atoms with Gasteiger partial charge in [0.15, 0.2) is 11.1 Å². The van der Waals surface area contributed by atoms with Crippen LogP contribution in [-0.2, 0) is 9.84 Å². The third kappa shape index (κ3) is 3.63. The van der Waals surface area contributed by atoms with E-state index in [1.807, 2.05) is 37.3 Å². The fraction of sp³-hybridized carbons (Fsp3) is 0.348. The minimum atomic E-state index is -3.98. The summed E-state index contributed by atoms with van der Waals surface area (Å²) in [5.74, 6) is 0.508. The van der Waals surface area contributed by atoms with E-state index in [2.05, 4.69) is 9.88 Å². The third-order valence-corrected chi connectivity index (χ3v) is 7.56. The van der Waals surface area contributed by atoms with Crippen molar-refractivity contribution in [2.24, 2.45) is 0 Å². The number of hydrogen-bond acceptors (Lipinski definition) is 6. The Morgan fingerprint density at radius 2 is 1.67 bits per heavy atom. The van der Waals surface area contributed by atoms with E-state index >= 15 is 0 Å². The van der Waals surface area contributed by atoms with Crippen LogP contribution in [0, 0.1) is 25.2 Å². The molecular formula is C23H24N4O2S. The molecule has 1 saturated heterocycles. The molecule has 0 bridgehead atoms. The van der Waals surface area contributed by atoms with E-state index in [0.29, 0.717) is 22.4 Å². The number of nitriles is 1. The van der Waals surface area contributed by atoms with Gasteiger partial charge in [0.1, 0.15) is 5.69 Å². The number of piperidine rings is 1. The summed E-state index contributed by atoms with van der Waals surface area (Å²) in [6, 6.07) is 14.7. The van der Waals surface area contributed by atoms with Gasteiger partial charge in [-0.05, 0) is 62.4 Å². The SMILES string of the molecule is Cc1ccc(C)c(S(=O)(=O)[C@@H](C#N)c2nc3ccccc3nc2N2CCCCC2)c1. The normalized spacial score (nSPS) is 15.7. The number of aryl methyl sites for hydroxylation is 2. The Hall–Kier alpha value is -2.98. The van der Waals surface area contributed by atoms with E-state index in [1.54, 1.807) is 25.1 Å². The number of para-hydroxylation sites is 2. The van der Waals surface area contributed by atoms with E-state index in [0.717, 1.165) is 37.9 Å². The molecule has 1 atom stereocenters. The van der Waals surface area contributed by atoms with Gasteiger partial charge in [-0.2, -0.15) is 5.26 Å². The van der Waals surface area contributed by atoms with Gasteiger partial charge in [-0.25, -0.2) is 18.4 Å². The van der Waals surface area contributed by atoms with Crippen LogP contribution in [0.5, 0.6) is 0 Å². The number of anilines is 1. The molecule has 2 aromatic carbocycles. The van der Waals surface area contributed by atoms with Crippen molar-refractivity contribution in [1.82, 2.24) is 9.97 Å². The average Bonchev–Trinajstić information content (AvgIpc) is 2.76. The second-order valence-corrected chi connectivity index (χ2v) is 9.79. The highest BCUT2D eigenvalue weighted by atomic mass is 32.2. The van der Waals surface area contributed by atoms with Crippen LogP contribution in [0.1, 0.15) is 41.3 Å². The highest BCUT2D eigenvalue weighted by Crippen LogP contribution is 2.36. The number of rotatable bonds is 4. The van der Waals surface area contributed by atoms with Crippen LogP contribution in [0.3, 0.4) is 0 Å². The van der Waals surface area contributed by atoms with Crippen LogP contribution in [0.4, 0.5) is 5.82 Å². The number of fused-ring (bicyclic) bond motifs is 1. The molecule has 0 radical (unpaired) electrons. The van der Waals surface area contributed by atoms with E-state index in [9.17, 15) is 13.7 Å². The first-order valence-electron chi connectivity index (χ1n) is 10.1. The van der Waals surface area contributed by atoms with Crippen LogP contribution in [-0.4, -0.2) is 31.5 Å². The predicted octanol–water partition coefficient (Wildman–Crippen LogP) is 4.28. The first-order chi connectivity index (χ1) is 14.4. The molecule has 3 aromatic rings. The van der Waals surface area contributed by atoms with Crippen LogP contribution in [0.2, 0.25) is 0 Å². The minimum Gasteiger partial charge on any atom is -0.355 e. The summed E-state index contributed by atoms with van der Waals surface area (Å²) in [5.41, 5.74) is 2.96. The fourth-order valence-electron chi connectivity index (χ4n) is 3.94. The lowest BCUT2D eigenvalue weighted by Crippen LogP contribution is -2.32. The first kappa shape index (κ1) is 20.3. The van der Waals surface area contributed by atoms with E-state index in [-0.39, 0.29) is 10.6 Å². The lowest BCUT2D eigenvalue weighted by molar-refractivity contribution is 0.569. The van der Waals surface area contributed by atoms with Crippen LogP contribution in [0.25, 0.3) is 11.0 Å². The van der Waals surface area contributed by atoms with Gasteiger partial charge in [-0.15, -0.1) is 0 Å². The van der Waals surface area contributed by atoms with Gasteiger partial charge >= 0.3 is 0 Å². The maximum absolute atomic E-state index is 13.6. The lowest BCUT2D eigenvalue weighted by Gasteiger charge is -2.30. The zero-order valence-electron chi connectivity index (χ0n) is 17.2. The summed E-state index contributed by atoms with van der Waals surface area (Å²) < 4.78 is 27.2. The average molecular weight is 421 g/mol. The molecule has 0 unspecified atom stereocenters. The number of nitrogens with zero attached hydrogens (tertiary/aromatic N) is 4. The van der Waals surface area contributed by atoms with Gasteiger partial charge in [0.25, 0.3) is 0 Å². The van der Waals surface area contributed by atoms with Gasteiger partial charge < -0.3 is 4.90 Å². The molecule has 0 spiro atoms. The molecule has 6 nitrogen and oxygen atoms in total. The van der Waals surface area contributed by atoms with Crippen molar-refractivity contribution in [3.8, 4) is 6.07 Å². The van der Waals surface area contributed by atoms with Crippen LogP contribution >= 0.6 is 0 Å². The Bertz CT molecular complexity index is 1240. The second kappa shape index (κ2) is 8.04. The Labute approximate surface area is 177 Å². The number of benzene rings is 2. The summed E-state index contributed by atoms with van der Waals surface area (Å²) in [5, 5.41) is 8.59. The summed E-state index contributed by atoms with van der Waals surface area (Å²) >= 11 is 0. The summed E-state index contributed by atoms with van der Waals surface area (Å²) in [6.45, 7) is 5.15. The number of hydrogen-bond donors (Lipinski definition) is 0. The number of aromatic nitrogens is 2. The van der Waals surface area contributed by atoms with Gasteiger partial charge in [-0.1, -0.05) is 24.3 Å². The van der Waals surface area contributed by atoms with Crippen molar-refractivity contribution in [3.05, 3.63) is 59.3 Å². The Kier molecular flexibility index (Phi) is 5.44. The Balaban J connectivity index is 1.93. The maximum Gasteiger partial charge on any atom is 0.200 e. The van der Waals surface area contributed by atoms with E-state index in [1.165, 1.54) is 0 Å². The van der Waals surface area contributed by atoms with Crippen LogP contribution in [0.15, 0.2) is 47.4 Å². The van der Waals surface area contributed by atoms with Crippen LogP contribution < -0.4 is 4.90 Å². The molecule has 1 aliphatic heterocycles. The molecule has 154 valence electrons. The summed E-state index contributed by atoms with van der Waals surface area (Å²) in [7, 11) is -3.98. The molecule has 1 aromatic heterocycles. The first-order valence-corrected chi connectivity index (χ1v) is 11.7. The molecule has 2 heterocycles. The molecule has 1 fully saturated rings. The molecule has 0 aliphatic carbocycles. The van der Waals surface area contributed by atoms with Crippen molar-refractivity contribution >= 4 is 26.7 Å². The Morgan fingerprint density at radius 3 is 2.33 bits per heavy atom. The Morgan fingerprint density at radius 1 is 1.00 bits per heavy atom. The molecule has 0 amide bonds. The van der Waals surface area contributed by atoms with Crippen molar-refractivity contribution in [3.63, 3.8) is 0 Å². The van der Waals surface area contributed by atoms with Crippen molar-refractivity contribution < 1.29 is 8.42 Å². The smallest absolute Gasteiger partial charge is 0.200 e. The van der Waals surface area contributed by atoms with Crippen molar-refractivity contribution in [1.29, 1.82) is 5.26 Å². The summed E-state index contributed by atoms with van der Waals surface area (Å²) in [4.78, 5) is 11.7. The summed E-state index contributed by atoms with van der Waals surface area (Å²) in [6.07, 6.45) is 3.15. The zero-order chi connectivity index (χ0) is 21.3. The van der Waals surface area contributed by atoms with E-state index in [4.69, 9.17) is 4.98 Å². The van der Waals surface area contributed by atoms with Gasteiger partial charge in [-0.3, -0.25) is 0 Å². The molecule has 4 rings (SSSR count). The molecule has 7 heteroatoms. The monoisotopic (exact) mass is 420 g/mol. The van der Waals surface area contributed by atoms with Gasteiger partial charge in [0.2, 0.25) is 9.84 Å². The third-order valence-electron chi connectivity index (χ3n) is 5.56. The van der Waals surface area contributed by atoms with Crippen molar-refractivity contribution in [2.75, 3.05) is 18.0 Å². The highest BCUT2D eigenvalue weighted by molar-refractivity contribution is 7.92. The van der Waals surface area contributed by atoms with E-state index < -0.39 is 15.1 Å². The predicted molar refractivity (Wildman–Crippen MR) is 117 cm³/mol. The van der Waals surface area contributed by atoms with Gasteiger partial charge in [0, 0.05) is 13.1 Å². The lowest BCUT2D eigenvalue weighted by atomic mass is 10.1. The molecule has 0 N–H and O–H groups in total. The molecule has 1 aliphatic rings. The standard InChI is InChI=1S/C23H24N4O2S/c1-16-10-11-17(2)20(14-16)30(28,29)21(15-24)22-23(27-12-6-3-7-13-27)26-19-9-5-4-8-18(19)25-22/h4-5,8-11,14,21H,3,6-7,12-13H2,1-2H3/t21-/m0/s1. The topological polar surface area (TPSA) is 86.9 Å².